The first-order chi connectivity index (χ1) is 10.1. The smallest absolute Gasteiger partial charge is 0.0472 e. The number of halogens is 1. The van der Waals surface area contributed by atoms with Crippen LogP contribution in [0.1, 0.15) is 51.5 Å². The second kappa shape index (κ2) is 11.1. The molecule has 0 saturated carbocycles. The van der Waals surface area contributed by atoms with Gasteiger partial charge in [-0.2, -0.15) is 0 Å². The average Bonchev–Trinajstić information content (AvgIpc) is 2.45. The van der Waals surface area contributed by atoms with Gasteiger partial charge < -0.3 is 10.1 Å². The fourth-order valence-corrected chi connectivity index (χ4v) is 2.47. The van der Waals surface area contributed by atoms with E-state index in [0.29, 0.717) is 11.8 Å². The number of nitrogens with one attached hydrogen (secondary N) is 1. The van der Waals surface area contributed by atoms with Gasteiger partial charge in [0.05, 0.1) is 0 Å². The summed E-state index contributed by atoms with van der Waals surface area (Å²) >= 11 is 6.12. The van der Waals surface area contributed by atoms with Crippen molar-refractivity contribution >= 4 is 11.6 Å². The largest absolute Gasteiger partial charge is 0.381 e. The van der Waals surface area contributed by atoms with E-state index in [1.54, 1.807) is 0 Å². The third-order valence-corrected chi connectivity index (χ3v) is 3.75. The van der Waals surface area contributed by atoms with Crippen molar-refractivity contribution in [2.75, 3.05) is 26.3 Å². The molecular formula is C18H30ClNO. The number of rotatable bonds is 11. The molecule has 0 aliphatic carbocycles. The van der Waals surface area contributed by atoms with Crippen LogP contribution in [0.5, 0.6) is 0 Å². The maximum absolute atomic E-state index is 6.12. The lowest BCUT2D eigenvalue weighted by Gasteiger charge is -2.19. The van der Waals surface area contributed by atoms with Crippen LogP contribution in [-0.2, 0) is 4.74 Å². The zero-order valence-electron chi connectivity index (χ0n) is 13.7. The molecule has 0 radical (unpaired) electrons. The lowest BCUT2D eigenvalue weighted by molar-refractivity contribution is 0.124. The van der Waals surface area contributed by atoms with Crippen molar-refractivity contribution in [3.63, 3.8) is 0 Å². The number of hydrogen-bond acceptors (Lipinski definition) is 2. The number of hydrogen-bond donors (Lipinski definition) is 1. The fourth-order valence-electron chi connectivity index (χ4n) is 2.27. The molecule has 3 heteroatoms. The molecule has 1 rings (SSSR count). The summed E-state index contributed by atoms with van der Waals surface area (Å²) < 4.78 is 5.72. The summed E-state index contributed by atoms with van der Waals surface area (Å²) in [6.07, 6.45) is 3.37. The van der Waals surface area contributed by atoms with Crippen LogP contribution in [0, 0.1) is 5.92 Å². The van der Waals surface area contributed by atoms with Gasteiger partial charge in [-0.1, -0.05) is 50.9 Å². The summed E-state index contributed by atoms with van der Waals surface area (Å²) in [4.78, 5) is 0. The van der Waals surface area contributed by atoms with Crippen molar-refractivity contribution in [2.24, 2.45) is 5.92 Å². The quantitative estimate of drug-likeness (QED) is 0.588. The molecule has 1 atom stereocenters. The Hall–Kier alpha value is -0.570. The third kappa shape index (κ3) is 8.45. The van der Waals surface area contributed by atoms with Crippen molar-refractivity contribution in [2.45, 2.75) is 46.0 Å². The molecule has 0 aliphatic heterocycles. The van der Waals surface area contributed by atoms with Gasteiger partial charge in [-0.15, -0.1) is 0 Å². The Kier molecular flexibility index (Phi) is 9.73. The molecule has 0 saturated heterocycles. The highest BCUT2D eigenvalue weighted by molar-refractivity contribution is 6.30. The van der Waals surface area contributed by atoms with Crippen molar-refractivity contribution < 1.29 is 4.74 Å². The van der Waals surface area contributed by atoms with Gasteiger partial charge in [0.15, 0.2) is 0 Å². The molecule has 0 fully saturated rings. The van der Waals surface area contributed by atoms with Gasteiger partial charge in [-0.05, 0) is 48.9 Å². The SMILES string of the molecule is CCCCOCCC(CNCC(C)C)c1cccc(Cl)c1. The highest BCUT2D eigenvalue weighted by Gasteiger charge is 2.12. The summed E-state index contributed by atoms with van der Waals surface area (Å²) in [5.41, 5.74) is 1.30. The van der Waals surface area contributed by atoms with Gasteiger partial charge in [0.2, 0.25) is 0 Å². The van der Waals surface area contributed by atoms with E-state index in [9.17, 15) is 0 Å². The Morgan fingerprint density at radius 2 is 2.00 bits per heavy atom. The van der Waals surface area contributed by atoms with Gasteiger partial charge in [0, 0.05) is 24.8 Å². The Bertz CT molecular complexity index is 381. The van der Waals surface area contributed by atoms with Crippen molar-refractivity contribution in [1.29, 1.82) is 0 Å². The van der Waals surface area contributed by atoms with Gasteiger partial charge in [0.1, 0.15) is 0 Å². The molecule has 0 bridgehead atoms. The maximum atomic E-state index is 6.12. The van der Waals surface area contributed by atoms with E-state index in [0.717, 1.165) is 44.2 Å². The molecular weight excluding hydrogens is 282 g/mol. The Morgan fingerprint density at radius 3 is 2.67 bits per heavy atom. The second-order valence-corrected chi connectivity index (χ2v) is 6.50. The van der Waals surface area contributed by atoms with E-state index in [2.05, 4.69) is 38.2 Å². The summed E-state index contributed by atoms with van der Waals surface area (Å²) in [6.45, 7) is 10.4. The van der Waals surface area contributed by atoms with E-state index in [1.807, 2.05) is 12.1 Å². The molecule has 21 heavy (non-hydrogen) atoms. The van der Waals surface area contributed by atoms with E-state index >= 15 is 0 Å². The van der Waals surface area contributed by atoms with Gasteiger partial charge in [-0.25, -0.2) is 0 Å². The van der Waals surface area contributed by atoms with Crippen molar-refractivity contribution in [3.05, 3.63) is 34.9 Å². The molecule has 0 aliphatic rings. The maximum Gasteiger partial charge on any atom is 0.0472 e. The van der Waals surface area contributed by atoms with Crippen LogP contribution in [0.4, 0.5) is 0 Å². The van der Waals surface area contributed by atoms with E-state index in [-0.39, 0.29) is 0 Å². The molecule has 1 unspecified atom stereocenters. The Labute approximate surface area is 135 Å². The monoisotopic (exact) mass is 311 g/mol. The minimum absolute atomic E-state index is 0.462. The number of unbranched alkanes of at least 4 members (excludes halogenated alkanes) is 1. The topological polar surface area (TPSA) is 21.3 Å². The third-order valence-electron chi connectivity index (χ3n) is 3.52. The van der Waals surface area contributed by atoms with Crippen molar-refractivity contribution in [3.8, 4) is 0 Å². The van der Waals surface area contributed by atoms with Crippen LogP contribution < -0.4 is 5.32 Å². The van der Waals surface area contributed by atoms with Gasteiger partial charge in [0.25, 0.3) is 0 Å². The van der Waals surface area contributed by atoms with E-state index < -0.39 is 0 Å². The molecule has 0 amide bonds. The lowest BCUT2D eigenvalue weighted by Crippen LogP contribution is -2.26. The molecule has 0 aromatic heterocycles. The predicted octanol–water partition coefficient (Wildman–Crippen LogP) is 4.88. The summed E-state index contributed by atoms with van der Waals surface area (Å²) in [6, 6.07) is 8.21. The minimum Gasteiger partial charge on any atom is -0.381 e. The lowest BCUT2D eigenvalue weighted by atomic mass is 9.96. The van der Waals surface area contributed by atoms with Gasteiger partial charge >= 0.3 is 0 Å². The highest BCUT2D eigenvalue weighted by atomic mass is 35.5. The molecule has 1 N–H and O–H groups in total. The summed E-state index contributed by atoms with van der Waals surface area (Å²) in [5, 5.41) is 4.37. The van der Waals surface area contributed by atoms with Crippen LogP contribution in [0.2, 0.25) is 5.02 Å². The predicted molar refractivity (Wildman–Crippen MR) is 92.2 cm³/mol. The van der Waals surface area contributed by atoms with Gasteiger partial charge in [-0.3, -0.25) is 0 Å². The Morgan fingerprint density at radius 1 is 1.19 bits per heavy atom. The molecule has 1 aromatic carbocycles. The molecule has 0 spiro atoms. The zero-order chi connectivity index (χ0) is 15.5. The first-order valence-electron chi connectivity index (χ1n) is 8.17. The Balaban J connectivity index is 2.49. The van der Waals surface area contributed by atoms with Crippen LogP contribution in [0.3, 0.4) is 0 Å². The zero-order valence-corrected chi connectivity index (χ0v) is 14.5. The molecule has 0 heterocycles. The average molecular weight is 312 g/mol. The number of benzene rings is 1. The molecule has 120 valence electrons. The summed E-state index contributed by atoms with van der Waals surface area (Å²) in [7, 11) is 0. The fraction of sp³-hybridized carbons (Fsp3) is 0.667. The minimum atomic E-state index is 0.462. The standard InChI is InChI=1S/C18H30ClNO/c1-4-5-10-21-11-9-17(14-20-13-15(2)3)16-7-6-8-18(19)12-16/h6-8,12,15,17,20H,4-5,9-11,13-14H2,1-3H3. The van der Waals surface area contributed by atoms with E-state index in [4.69, 9.17) is 16.3 Å². The molecule has 2 nitrogen and oxygen atoms in total. The molecule has 1 aromatic rings. The van der Waals surface area contributed by atoms with Crippen LogP contribution in [0.15, 0.2) is 24.3 Å². The van der Waals surface area contributed by atoms with Crippen LogP contribution in [-0.4, -0.2) is 26.3 Å². The van der Waals surface area contributed by atoms with Crippen molar-refractivity contribution in [1.82, 2.24) is 5.32 Å². The normalized spacial score (nSPS) is 12.8. The van der Waals surface area contributed by atoms with Crippen LogP contribution >= 0.6 is 11.6 Å². The first-order valence-corrected chi connectivity index (χ1v) is 8.55. The highest BCUT2D eigenvalue weighted by Crippen LogP contribution is 2.22. The number of ether oxygens (including phenoxy) is 1. The van der Waals surface area contributed by atoms with E-state index in [1.165, 1.54) is 12.0 Å². The second-order valence-electron chi connectivity index (χ2n) is 6.06. The first kappa shape index (κ1) is 18.5. The summed E-state index contributed by atoms with van der Waals surface area (Å²) in [5.74, 6) is 1.13. The van der Waals surface area contributed by atoms with Crippen LogP contribution in [0.25, 0.3) is 0 Å².